The number of hydrogen-bond acceptors (Lipinski definition) is 2. The highest BCUT2D eigenvalue weighted by Crippen LogP contribution is 2.20. The van der Waals surface area contributed by atoms with Crippen LogP contribution in [0.3, 0.4) is 0 Å². The summed E-state index contributed by atoms with van der Waals surface area (Å²) >= 11 is 0. The molecular weight excluding hydrogens is 200 g/mol. The van der Waals surface area contributed by atoms with Crippen LogP contribution < -0.4 is 5.73 Å². The van der Waals surface area contributed by atoms with Gasteiger partial charge in [-0.1, -0.05) is 6.08 Å². The van der Waals surface area contributed by atoms with Crippen LogP contribution in [0, 0.1) is 11.6 Å². The monoisotopic (exact) mass is 209 g/mol. The van der Waals surface area contributed by atoms with Crippen molar-refractivity contribution in [2.45, 2.75) is 6.54 Å². The zero-order valence-electron chi connectivity index (χ0n) is 7.87. The van der Waals surface area contributed by atoms with Crippen molar-refractivity contribution in [3.63, 3.8) is 0 Å². The molecule has 0 aliphatic rings. The molecule has 0 spiro atoms. The number of allylic oxidation sites excluding steroid dienone is 1. The van der Waals surface area contributed by atoms with E-state index in [9.17, 15) is 8.78 Å². The minimum Gasteiger partial charge on any atom is -0.369 e. The Hall–Kier alpha value is -1.91. The third-order valence-corrected chi connectivity index (χ3v) is 2.13. The van der Waals surface area contributed by atoms with E-state index in [2.05, 4.69) is 11.6 Å². The van der Waals surface area contributed by atoms with Gasteiger partial charge in [0, 0.05) is 18.7 Å². The van der Waals surface area contributed by atoms with Crippen LogP contribution in [0.2, 0.25) is 0 Å². The number of hydrogen-bond donors (Lipinski definition) is 1. The lowest BCUT2D eigenvalue weighted by Crippen LogP contribution is -2.01. The average Bonchev–Trinajstić information content (AvgIpc) is 2.46. The van der Waals surface area contributed by atoms with Crippen molar-refractivity contribution in [2.24, 2.45) is 0 Å². The highest BCUT2D eigenvalue weighted by Gasteiger charge is 2.11. The normalized spacial score (nSPS) is 10.8. The van der Waals surface area contributed by atoms with E-state index in [1.165, 1.54) is 0 Å². The number of anilines is 1. The molecule has 0 saturated carbocycles. The molecule has 1 heterocycles. The Balaban J connectivity index is 2.75. The molecule has 0 aliphatic carbocycles. The van der Waals surface area contributed by atoms with E-state index >= 15 is 0 Å². The number of nitrogen functional groups attached to an aromatic ring is 1. The van der Waals surface area contributed by atoms with E-state index < -0.39 is 11.6 Å². The molecule has 0 radical (unpaired) electrons. The molecule has 0 unspecified atom stereocenters. The molecule has 0 amide bonds. The van der Waals surface area contributed by atoms with Gasteiger partial charge in [0.1, 0.15) is 0 Å². The summed E-state index contributed by atoms with van der Waals surface area (Å²) < 4.78 is 27.4. The van der Waals surface area contributed by atoms with Crippen LogP contribution in [-0.2, 0) is 6.54 Å². The number of nitrogens with two attached hydrogens (primary N) is 1. The van der Waals surface area contributed by atoms with Crippen LogP contribution >= 0.6 is 0 Å². The maximum atomic E-state index is 13.0. The molecule has 78 valence electrons. The van der Waals surface area contributed by atoms with Gasteiger partial charge in [-0.05, 0) is 0 Å². The van der Waals surface area contributed by atoms with Crippen molar-refractivity contribution >= 4 is 17.0 Å². The van der Waals surface area contributed by atoms with E-state index in [1.807, 2.05) is 0 Å². The fourth-order valence-electron chi connectivity index (χ4n) is 1.46. The predicted octanol–water partition coefficient (Wildman–Crippen LogP) is 2.08. The van der Waals surface area contributed by atoms with Gasteiger partial charge in [-0.2, -0.15) is 0 Å². The lowest BCUT2D eigenvalue weighted by Gasteiger charge is -2.01. The summed E-state index contributed by atoms with van der Waals surface area (Å²) in [6.45, 7) is 3.96. The minimum absolute atomic E-state index is 0.218. The summed E-state index contributed by atoms with van der Waals surface area (Å²) in [6, 6.07) is 2.11. The van der Waals surface area contributed by atoms with Gasteiger partial charge in [-0.25, -0.2) is 13.8 Å². The van der Waals surface area contributed by atoms with Crippen molar-refractivity contribution in [1.82, 2.24) is 9.55 Å². The van der Waals surface area contributed by atoms with E-state index in [-0.39, 0.29) is 5.95 Å². The van der Waals surface area contributed by atoms with Gasteiger partial charge in [-0.3, -0.25) is 0 Å². The topological polar surface area (TPSA) is 43.8 Å². The maximum Gasteiger partial charge on any atom is 0.201 e. The highest BCUT2D eigenvalue weighted by molar-refractivity contribution is 5.78. The second kappa shape index (κ2) is 3.34. The van der Waals surface area contributed by atoms with Gasteiger partial charge in [0.05, 0.1) is 11.0 Å². The van der Waals surface area contributed by atoms with Crippen molar-refractivity contribution in [3.8, 4) is 0 Å². The Morgan fingerprint density at radius 3 is 2.73 bits per heavy atom. The molecule has 2 rings (SSSR count). The molecule has 15 heavy (non-hydrogen) atoms. The van der Waals surface area contributed by atoms with Crippen LogP contribution in [-0.4, -0.2) is 9.55 Å². The maximum absolute atomic E-state index is 13.0. The molecule has 0 fully saturated rings. The molecule has 2 aromatic rings. The van der Waals surface area contributed by atoms with Crippen LogP contribution in [0.25, 0.3) is 11.0 Å². The van der Waals surface area contributed by atoms with Gasteiger partial charge >= 0.3 is 0 Å². The molecule has 1 aromatic heterocycles. The van der Waals surface area contributed by atoms with E-state index in [0.717, 1.165) is 12.1 Å². The highest BCUT2D eigenvalue weighted by atomic mass is 19.2. The summed E-state index contributed by atoms with van der Waals surface area (Å²) in [6.07, 6.45) is 1.61. The fraction of sp³-hybridized carbons (Fsp3) is 0.100. The number of nitrogens with zero attached hydrogens (tertiary/aromatic N) is 2. The average molecular weight is 209 g/mol. The van der Waals surface area contributed by atoms with Gasteiger partial charge in [0.15, 0.2) is 11.6 Å². The Morgan fingerprint density at radius 1 is 1.40 bits per heavy atom. The fourth-order valence-corrected chi connectivity index (χ4v) is 1.46. The van der Waals surface area contributed by atoms with Crippen LogP contribution in [0.4, 0.5) is 14.7 Å². The number of imidazole rings is 1. The lowest BCUT2D eigenvalue weighted by molar-refractivity contribution is 0.510. The van der Waals surface area contributed by atoms with Crippen molar-refractivity contribution < 1.29 is 8.78 Å². The quantitative estimate of drug-likeness (QED) is 0.769. The lowest BCUT2D eigenvalue weighted by atomic mass is 10.3. The van der Waals surface area contributed by atoms with Gasteiger partial charge < -0.3 is 10.3 Å². The van der Waals surface area contributed by atoms with Crippen LogP contribution in [0.15, 0.2) is 24.8 Å². The van der Waals surface area contributed by atoms with Crippen LogP contribution in [0.5, 0.6) is 0 Å². The predicted molar refractivity (Wildman–Crippen MR) is 54.3 cm³/mol. The summed E-state index contributed by atoms with van der Waals surface area (Å²) in [5.74, 6) is -1.62. The molecule has 0 atom stereocenters. The third kappa shape index (κ3) is 1.45. The summed E-state index contributed by atoms with van der Waals surface area (Å²) in [7, 11) is 0. The summed E-state index contributed by atoms with van der Waals surface area (Å²) in [5.41, 5.74) is 6.40. The van der Waals surface area contributed by atoms with Crippen molar-refractivity contribution in [2.75, 3.05) is 5.73 Å². The smallest absolute Gasteiger partial charge is 0.201 e. The summed E-state index contributed by atoms with van der Waals surface area (Å²) in [5, 5.41) is 0. The molecule has 1 aromatic carbocycles. The number of halogens is 2. The largest absolute Gasteiger partial charge is 0.369 e. The minimum atomic E-state index is -0.925. The van der Waals surface area contributed by atoms with Gasteiger partial charge in [-0.15, -0.1) is 6.58 Å². The molecule has 3 nitrogen and oxygen atoms in total. The van der Waals surface area contributed by atoms with E-state index in [4.69, 9.17) is 5.73 Å². The third-order valence-electron chi connectivity index (χ3n) is 2.13. The van der Waals surface area contributed by atoms with E-state index in [0.29, 0.717) is 17.6 Å². The molecular formula is C10H9F2N3. The molecule has 2 N–H and O–H groups in total. The first kappa shape index (κ1) is 9.64. The second-order valence-corrected chi connectivity index (χ2v) is 3.12. The first-order valence-electron chi connectivity index (χ1n) is 4.35. The van der Waals surface area contributed by atoms with Crippen molar-refractivity contribution in [3.05, 3.63) is 36.4 Å². The summed E-state index contributed by atoms with van der Waals surface area (Å²) in [4.78, 5) is 3.92. The van der Waals surface area contributed by atoms with Gasteiger partial charge in [0.25, 0.3) is 0 Å². The first-order chi connectivity index (χ1) is 7.13. The number of rotatable bonds is 2. The van der Waals surface area contributed by atoms with Crippen LogP contribution in [0.1, 0.15) is 0 Å². The molecule has 0 saturated heterocycles. The molecule has 0 aliphatic heterocycles. The Bertz CT molecular complexity index is 531. The standard InChI is InChI=1S/C10H9F2N3/c1-2-3-15-9-5-7(12)6(11)4-8(9)14-10(15)13/h2,4-5H,1,3H2,(H2,13,14). The Kier molecular flexibility index (Phi) is 2.15. The zero-order valence-corrected chi connectivity index (χ0v) is 7.87. The number of benzene rings is 1. The number of fused-ring (bicyclic) bond motifs is 1. The number of aromatic nitrogens is 2. The van der Waals surface area contributed by atoms with E-state index in [1.54, 1.807) is 10.6 Å². The first-order valence-corrected chi connectivity index (χ1v) is 4.35. The molecule has 5 heteroatoms. The Morgan fingerprint density at radius 2 is 2.07 bits per heavy atom. The van der Waals surface area contributed by atoms with Gasteiger partial charge in [0.2, 0.25) is 5.95 Å². The molecule has 0 bridgehead atoms. The zero-order chi connectivity index (χ0) is 11.0. The second-order valence-electron chi connectivity index (χ2n) is 3.12. The van der Waals surface area contributed by atoms with Crippen molar-refractivity contribution in [1.29, 1.82) is 0 Å². The SMILES string of the molecule is C=CCn1c(N)nc2cc(F)c(F)cc21. The Labute approximate surface area is 84.8 Å².